The molecule has 0 amide bonds. The summed E-state index contributed by atoms with van der Waals surface area (Å²) in [6.07, 6.45) is 4.42. The molecule has 3 heteroatoms. The topological polar surface area (TPSA) is 18.5 Å². The van der Waals surface area contributed by atoms with Crippen LogP contribution in [-0.4, -0.2) is 13.2 Å². The van der Waals surface area contributed by atoms with Gasteiger partial charge in [-0.1, -0.05) is 29.1 Å². The molecular weight excluding hydrogens is 244 g/mol. The van der Waals surface area contributed by atoms with Crippen molar-refractivity contribution in [3.63, 3.8) is 0 Å². The Morgan fingerprint density at radius 2 is 2.36 bits per heavy atom. The zero-order chi connectivity index (χ0) is 10.6. The molecule has 1 aliphatic rings. The van der Waals surface area contributed by atoms with Crippen molar-refractivity contribution in [2.24, 2.45) is 0 Å². The maximum atomic E-state index is 5.41. The number of hydrogen-bond acceptors (Lipinski definition) is 2. The average molecular weight is 259 g/mol. The zero-order valence-corrected chi connectivity index (χ0v) is 9.97. The van der Waals surface area contributed by atoms with Gasteiger partial charge >= 0.3 is 0 Å². The van der Waals surface area contributed by atoms with Crippen molar-refractivity contribution < 1.29 is 9.47 Å². The Balaban J connectivity index is 2.26. The lowest BCUT2D eigenvalue weighted by molar-refractivity contribution is 0.198. The third-order valence-electron chi connectivity index (χ3n) is 2.21. The zero-order valence-electron chi connectivity index (χ0n) is 8.38. The molecular formula is C11H15BrO2. The van der Waals surface area contributed by atoms with E-state index in [2.05, 4.69) is 29.1 Å². The van der Waals surface area contributed by atoms with Crippen molar-refractivity contribution in [2.45, 2.75) is 25.4 Å². The molecule has 0 spiro atoms. The van der Waals surface area contributed by atoms with Gasteiger partial charge in [0.2, 0.25) is 0 Å². The van der Waals surface area contributed by atoms with Crippen molar-refractivity contribution in [3.05, 3.63) is 35.2 Å². The summed E-state index contributed by atoms with van der Waals surface area (Å²) in [5.74, 6) is 0.788. The third-order valence-corrected chi connectivity index (χ3v) is 2.72. The van der Waals surface area contributed by atoms with Crippen molar-refractivity contribution in [1.82, 2.24) is 0 Å². The van der Waals surface area contributed by atoms with E-state index in [0.717, 1.165) is 35.1 Å². The highest BCUT2D eigenvalue weighted by atomic mass is 79.9. The van der Waals surface area contributed by atoms with Gasteiger partial charge in [0.25, 0.3) is 0 Å². The quantitative estimate of drug-likeness (QED) is 0.555. The molecule has 0 aromatic carbocycles. The standard InChI is InChI=1S/C11H15BrO2/c1-8(4-5-9(2)13-3)11-6-10(12)7-14-11/h7,11H,1-2,4-6H2,3H3. The van der Waals surface area contributed by atoms with E-state index in [1.165, 1.54) is 0 Å². The Hall–Kier alpha value is -0.700. The van der Waals surface area contributed by atoms with Gasteiger partial charge in [0, 0.05) is 17.3 Å². The van der Waals surface area contributed by atoms with Crippen molar-refractivity contribution in [3.8, 4) is 0 Å². The van der Waals surface area contributed by atoms with Crippen molar-refractivity contribution in [2.75, 3.05) is 7.11 Å². The van der Waals surface area contributed by atoms with Crippen LogP contribution in [0.15, 0.2) is 35.2 Å². The molecule has 0 fully saturated rings. The van der Waals surface area contributed by atoms with Crippen LogP contribution in [0.25, 0.3) is 0 Å². The molecule has 0 aromatic rings. The van der Waals surface area contributed by atoms with Crippen LogP contribution >= 0.6 is 15.9 Å². The Morgan fingerprint density at radius 3 is 2.86 bits per heavy atom. The molecule has 1 rings (SSSR count). The lowest BCUT2D eigenvalue weighted by Crippen LogP contribution is -2.08. The number of allylic oxidation sites excluding steroid dienone is 1. The van der Waals surface area contributed by atoms with Gasteiger partial charge in [-0.05, 0) is 12.0 Å². The lowest BCUT2D eigenvalue weighted by Gasteiger charge is -2.13. The Bertz CT molecular complexity index is 268. The summed E-state index contributed by atoms with van der Waals surface area (Å²) in [7, 11) is 1.63. The normalized spacial score (nSPS) is 19.9. The minimum atomic E-state index is 0.119. The van der Waals surface area contributed by atoms with Crippen LogP contribution in [-0.2, 0) is 9.47 Å². The molecule has 2 nitrogen and oxygen atoms in total. The number of halogens is 1. The molecule has 1 unspecified atom stereocenters. The predicted octanol–water partition coefficient (Wildman–Crippen LogP) is 3.51. The van der Waals surface area contributed by atoms with Gasteiger partial charge in [-0.15, -0.1) is 0 Å². The van der Waals surface area contributed by atoms with Crippen LogP contribution in [0.5, 0.6) is 0 Å². The van der Waals surface area contributed by atoms with E-state index in [4.69, 9.17) is 9.47 Å². The smallest absolute Gasteiger partial charge is 0.123 e. The molecule has 1 aliphatic heterocycles. The van der Waals surface area contributed by atoms with E-state index in [0.29, 0.717) is 0 Å². The van der Waals surface area contributed by atoms with Crippen LogP contribution in [0.3, 0.4) is 0 Å². The van der Waals surface area contributed by atoms with Gasteiger partial charge in [0.05, 0.1) is 19.1 Å². The second-order valence-corrected chi connectivity index (χ2v) is 4.31. The average Bonchev–Trinajstić information content (AvgIpc) is 2.60. The van der Waals surface area contributed by atoms with Gasteiger partial charge in [0.1, 0.15) is 6.10 Å². The molecule has 1 atom stereocenters. The Morgan fingerprint density at radius 1 is 1.64 bits per heavy atom. The Kier molecular flexibility index (Phi) is 4.26. The molecule has 0 bridgehead atoms. The number of hydrogen-bond donors (Lipinski definition) is 0. The Labute approximate surface area is 93.4 Å². The first-order chi connectivity index (χ1) is 6.63. The molecule has 14 heavy (non-hydrogen) atoms. The van der Waals surface area contributed by atoms with Gasteiger partial charge in [-0.3, -0.25) is 0 Å². The van der Waals surface area contributed by atoms with Crippen molar-refractivity contribution in [1.29, 1.82) is 0 Å². The fourth-order valence-electron chi connectivity index (χ4n) is 1.23. The summed E-state index contributed by atoms with van der Waals surface area (Å²) in [4.78, 5) is 0. The highest BCUT2D eigenvalue weighted by Crippen LogP contribution is 2.28. The van der Waals surface area contributed by atoms with E-state index >= 15 is 0 Å². The van der Waals surface area contributed by atoms with Gasteiger partial charge in [-0.25, -0.2) is 0 Å². The summed E-state index contributed by atoms with van der Waals surface area (Å²) >= 11 is 3.39. The highest BCUT2D eigenvalue weighted by molar-refractivity contribution is 9.11. The lowest BCUT2D eigenvalue weighted by atomic mass is 10.0. The van der Waals surface area contributed by atoms with Crippen LogP contribution in [0.1, 0.15) is 19.3 Å². The van der Waals surface area contributed by atoms with E-state index < -0.39 is 0 Å². The van der Waals surface area contributed by atoms with Gasteiger partial charge < -0.3 is 9.47 Å². The van der Waals surface area contributed by atoms with E-state index in [-0.39, 0.29) is 6.10 Å². The van der Waals surface area contributed by atoms with Gasteiger partial charge in [0.15, 0.2) is 0 Å². The van der Waals surface area contributed by atoms with E-state index in [9.17, 15) is 0 Å². The summed E-state index contributed by atoms with van der Waals surface area (Å²) in [6.45, 7) is 7.76. The minimum Gasteiger partial charge on any atom is -0.502 e. The van der Waals surface area contributed by atoms with Crippen LogP contribution in [0.4, 0.5) is 0 Å². The van der Waals surface area contributed by atoms with Crippen molar-refractivity contribution >= 4 is 15.9 Å². The minimum absolute atomic E-state index is 0.119. The second-order valence-electron chi connectivity index (χ2n) is 3.29. The number of methoxy groups -OCH3 is 1. The molecule has 78 valence electrons. The molecule has 0 aliphatic carbocycles. The summed E-state index contributed by atoms with van der Waals surface area (Å²) in [5.41, 5.74) is 1.09. The van der Waals surface area contributed by atoms with Crippen LogP contribution in [0, 0.1) is 0 Å². The highest BCUT2D eigenvalue weighted by Gasteiger charge is 2.19. The fraction of sp³-hybridized carbons (Fsp3) is 0.455. The monoisotopic (exact) mass is 258 g/mol. The fourth-order valence-corrected chi connectivity index (χ4v) is 1.63. The SMILES string of the molecule is C=C(CCC(=C)C1CC(Br)=CO1)OC. The largest absolute Gasteiger partial charge is 0.502 e. The molecule has 0 aromatic heterocycles. The molecule has 0 N–H and O–H groups in total. The third kappa shape index (κ3) is 3.22. The summed E-state index contributed by atoms with van der Waals surface area (Å²) in [6, 6.07) is 0. The summed E-state index contributed by atoms with van der Waals surface area (Å²) in [5, 5.41) is 0. The first-order valence-corrected chi connectivity index (χ1v) is 5.32. The summed E-state index contributed by atoms with van der Waals surface area (Å²) < 4.78 is 11.5. The molecule has 1 heterocycles. The second kappa shape index (κ2) is 5.25. The molecule has 0 saturated carbocycles. The molecule has 0 saturated heterocycles. The number of rotatable bonds is 5. The van der Waals surface area contributed by atoms with Crippen LogP contribution in [0.2, 0.25) is 0 Å². The van der Waals surface area contributed by atoms with E-state index in [1.54, 1.807) is 13.4 Å². The predicted molar refractivity (Wildman–Crippen MR) is 61.0 cm³/mol. The first-order valence-electron chi connectivity index (χ1n) is 4.53. The van der Waals surface area contributed by atoms with Gasteiger partial charge in [-0.2, -0.15) is 0 Å². The maximum absolute atomic E-state index is 5.41. The number of ether oxygens (including phenoxy) is 2. The molecule has 0 radical (unpaired) electrons. The maximum Gasteiger partial charge on any atom is 0.123 e. The van der Waals surface area contributed by atoms with Crippen LogP contribution < -0.4 is 0 Å². The van der Waals surface area contributed by atoms with E-state index in [1.807, 2.05) is 0 Å². The first kappa shape index (κ1) is 11.4.